The van der Waals surface area contributed by atoms with Gasteiger partial charge >= 0.3 is 5.97 Å². The van der Waals surface area contributed by atoms with Crippen LogP contribution in [0.2, 0.25) is 0 Å². The number of carboxylic acid groups (broad SMARTS) is 1. The minimum Gasteiger partial charge on any atom is -0.480 e. The van der Waals surface area contributed by atoms with Crippen LogP contribution in [0.25, 0.3) is 0 Å². The van der Waals surface area contributed by atoms with Gasteiger partial charge in [-0.05, 0) is 13.8 Å². The highest BCUT2D eigenvalue weighted by molar-refractivity contribution is 5.84. The molecule has 16 heavy (non-hydrogen) atoms. The highest BCUT2D eigenvalue weighted by atomic mass is 16.5. The lowest BCUT2D eigenvalue weighted by atomic mass is 10.0. The first-order chi connectivity index (χ1) is 7.43. The predicted molar refractivity (Wildman–Crippen MR) is 56.8 cm³/mol. The molecule has 1 aliphatic heterocycles. The van der Waals surface area contributed by atoms with Crippen LogP contribution in [0, 0.1) is 5.92 Å². The number of ether oxygens (including phenoxy) is 1. The van der Waals surface area contributed by atoms with Crippen molar-refractivity contribution in [1.29, 1.82) is 0 Å². The van der Waals surface area contributed by atoms with Crippen molar-refractivity contribution in [3.8, 4) is 0 Å². The van der Waals surface area contributed by atoms with Crippen molar-refractivity contribution in [3.05, 3.63) is 0 Å². The third-order valence-electron chi connectivity index (χ3n) is 2.65. The smallest absolute Gasteiger partial charge is 0.323 e. The van der Waals surface area contributed by atoms with Crippen LogP contribution in [0.1, 0.15) is 13.8 Å². The van der Waals surface area contributed by atoms with Crippen molar-refractivity contribution in [2.75, 3.05) is 19.8 Å². The molecule has 6 nitrogen and oxygen atoms in total. The number of rotatable bonds is 4. The first-order valence-electron chi connectivity index (χ1n) is 5.29. The largest absolute Gasteiger partial charge is 0.480 e. The van der Waals surface area contributed by atoms with Crippen molar-refractivity contribution in [2.24, 2.45) is 11.7 Å². The third-order valence-corrected chi connectivity index (χ3v) is 2.65. The lowest BCUT2D eigenvalue weighted by Gasteiger charge is -2.28. The molecular formula is C10H18N2O4. The van der Waals surface area contributed by atoms with Crippen molar-refractivity contribution >= 4 is 11.9 Å². The molecule has 0 aliphatic carbocycles. The van der Waals surface area contributed by atoms with Gasteiger partial charge in [0.05, 0.1) is 19.1 Å². The second-order valence-electron chi connectivity index (χ2n) is 4.26. The van der Waals surface area contributed by atoms with E-state index in [-0.39, 0.29) is 31.1 Å². The zero-order valence-corrected chi connectivity index (χ0v) is 9.55. The van der Waals surface area contributed by atoms with Gasteiger partial charge in [-0.25, -0.2) is 0 Å². The molecule has 1 amide bonds. The van der Waals surface area contributed by atoms with Gasteiger partial charge < -0.3 is 20.5 Å². The SMILES string of the molecule is CC(C)N(CC(=O)O)C(=O)C1COCC1N. The van der Waals surface area contributed by atoms with Crippen LogP contribution in [-0.4, -0.2) is 53.7 Å². The molecule has 1 heterocycles. The number of nitrogens with two attached hydrogens (primary N) is 1. The number of carboxylic acids is 1. The summed E-state index contributed by atoms with van der Waals surface area (Å²) in [6, 6.07) is -0.487. The monoisotopic (exact) mass is 230 g/mol. The fourth-order valence-corrected chi connectivity index (χ4v) is 1.70. The van der Waals surface area contributed by atoms with E-state index in [9.17, 15) is 9.59 Å². The first-order valence-corrected chi connectivity index (χ1v) is 5.29. The first kappa shape index (κ1) is 12.9. The summed E-state index contributed by atoms with van der Waals surface area (Å²) in [6.07, 6.45) is 0. The molecule has 1 saturated heterocycles. The van der Waals surface area contributed by atoms with Crippen molar-refractivity contribution < 1.29 is 19.4 Å². The summed E-state index contributed by atoms with van der Waals surface area (Å²) < 4.78 is 5.11. The summed E-state index contributed by atoms with van der Waals surface area (Å²) in [5.74, 6) is -1.67. The van der Waals surface area contributed by atoms with E-state index in [0.717, 1.165) is 0 Å². The van der Waals surface area contributed by atoms with Crippen LogP contribution < -0.4 is 5.73 Å². The zero-order valence-electron chi connectivity index (χ0n) is 9.55. The van der Waals surface area contributed by atoms with Crippen molar-refractivity contribution in [3.63, 3.8) is 0 Å². The van der Waals surface area contributed by atoms with Gasteiger partial charge in [0.15, 0.2) is 0 Å². The van der Waals surface area contributed by atoms with E-state index < -0.39 is 11.9 Å². The van der Waals surface area contributed by atoms with E-state index in [1.807, 2.05) is 0 Å². The minimum atomic E-state index is -1.02. The fraction of sp³-hybridized carbons (Fsp3) is 0.800. The predicted octanol–water partition coefficient (Wildman–Crippen LogP) is -0.718. The maximum Gasteiger partial charge on any atom is 0.323 e. The lowest BCUT2D eigenvalue weighted by Crippen LogP contribution is -2.48. The van der Waals surface area contributed by atoms with E-state index in [0.29, 0.717) is 6.61 Å². The summed E-state index contributed by atoms with van der Waals surface area (Å²) in [5, 5.41) is 8.73. The highest BCUT2D eigenvalue weighted by Crippen LogP contribution is 2.16. The molecule has 0 saturated carbocycles. The third kappa shape index (κ3) is 2.93. The Hall–Kier alpha value is -1.14. The second kappa shape index (κ2) is 5.27. The summed E-state index contributed by atoms with van der Waals surface area (Å²) in [4.78, 5) is 24.0. The van der Waals surface area contributed by atoms with Gasteiger partial charge in [0.25, 0.3) is 0 Å². The van der Waals surface area contributed by atoms with Crippen molar-refractivity contribution in [2.45, 2.75) is 25.9 Å². The summed E-state index contributed by atoms with van der Waals surface area (Å²) in [6.45, 7) is 3.91. The standard InChI is InChI=1S/C10H18N2O4/c1-6(2)12(3-9(13)14)10(15)7-4-16-5-8(7)11/h6-8H,3-5,11H2,1-2H3,(H,13,14). The topological polar surface area (TPSA) is 92.9 Å². The molecule has 6 heteroatoms. The molecule has 2 unspecified atom stereocenters. The maximum absolute atomic E-state index is 12.0. The number of carbonyl (C=O) groups excluding carboxylic acids is 1. The lowest BCUT2D eigenvalue weighted by molar-refractivity contribution is -0.148. The average Bonchev–Trinajstić information content (AvgIpc) is 2.59. The van der Waals surface area contributed by atoms with Gasteiger partial charge in [-0.1, -0.05) is 0 Å². The molecule has 0 spiro atoms. The van der Waals surface area contributed by atoms with Gasteiger partial charge in [-0.3, -0.25) is 9.59 Å². The molecule has 0 radical (unpaired) electrons. The van der Waals surface area contributed by atoms with Crippen LogP contribution in [0.3, 0.4) is 0 Å². The number of amides is 1. The Morgan fingerprint density at radius 1 is 1.50 bits per heavy atom. The quantitative estimate of drug-likeness (QED) is 0.665. The Balaban J connectivity index is 2.70. The average molecular weight is 230 g/mol. The molecule has 2 atom stereocenters. The van der Waals surface area contributed by atoms with E-state index in [1.165, 1.54) is 4.90 Å². The van der Waals surface area contributed by atoms with Gasteiger partial charge in [0, 0.05) is 12.1 Å². The summed E-state index contributed by atoms with van der Waals surface area (Å²) in [5.41, 5.74) is 5.73. The van der Waals surface area contributed by atoms with Gasteiger partial charge in [0.2, 0.25) is 5.91 Å². The van der Waals surface area contributed by atoms with E-state index >= 15 is 0 Å². The van der Waals surface area contributed by atoms with Gasteiger partial charge in [-0.15, -0.1) is 0 Å². The van der Waals surface area contributed by atoms with Crippen LogP contribution in [-0.2, 0) is 14.3 Å². The van der Waals surface area contributed by atoms with E-state index in [4.69, 9.17) is 15.6 Å². The Bertz CT molecular complexity index is 280. The van der Waals surface area contributed by atoms with Crippen LogP contribution >= 0.6 is 0 Å². The molecule has 1 rings (SSSR count). The number of hydrogen-bond acceptors (Lipinski definition) is 4. The zero-order chi connectivity index (χ0) is 12.3. The molecule has 0 aromatic rings. The number of aliphatic carboxylic acids is 1. The molecule has 1 aliphatic rings. The Labute approximate surface area is 94.3 Å². The molecule has 1 fully saturated rings. The maximum atomic E-state index is 12.0. The van der Waals surface area contributed by atoms with Crippen LogP contribution in [0.4, 0.5) is 0 Å². The minimum absolute atomic E-state index is 0.156. The number of hydrogen-bond donors (Lipinski definition) is 2. The number of carbonyl (C=O) groups is 2. The highest BCUT2D eigenvalue weighted by Gasteiger charge is 2.35. The van der Waals surface area contributed by atoms with Gasteiger partial charge in [0.1, 0.15) is 6.54 Å². The van der Waals surface area contributed by atoms with Crippen LogP contribution in [0.5, 0.6) is 0 Å². The van der Waals surface area contributed by atoms with Crippen molar-refractivity contribution in [1.82, 2.24) is 4.90 Å². The van der Waals surface area contributed by atoms with E-state index in [1.54, 1.807) is 13.8 Å². The molecule has 0 aromatic heterocycles. The molecule has 0 bridgehead atoms. The molecule has 3 N–H and O–H groups in total. The molecule has 92 valence electrons. The summed E-state index contributed by atoms with van der Waals surface area (Å²) >= 11 is 0. The molecular weight excluding hydrogens is 212 g/mol. The number of nitrogens with zero attached hydrogens (tertiary/aromatic N) is 1. The normalized spacial score (nSPS) is 24.8. The van der Waals surface area contributed by atoms with E-state index in [2.05, 4.69) is 0 Å². The Morgan fingerprint density at radius 2 is 2.12 bits per heavy atom. The fourth-order valence-electron chi connectivity index (χ4n) is 1.70. The Morgan fingerprint density at radius 3 is 2.50 bits per heavy atom. The molecule has 0 aromatic carbocycles. The summed E-state index contributed by atoms with van der Waals surface area (Å²) in [7, 11) is 0. The Kier molecular flexibility index (Phi) is 4.26. The van der Waals surface area contributed by atoms with Gasteiger partial charge in [-0.2, -0.15) is 0 Å². The van der Waals surface area contributed by atoms with Crippen LogP contribution in [0.15, 0.2) is 0 Å². The second-order valence-corrected chi connectivity index (χ2v) is 4.26.